The zero-order valence-electron chi connectivity index (χ0n) is 17.4. The van der Waals surface area contributed by atoms with Crippen LogP contribution in [-0.2, 0) is 9.47 Å². The van der Waals surface area contributed by atoms with Crippen LogP contribution in [0.25, 0.3) is 0 Å². The van der Waals surface area contributed by atoms with Gasteiger partial charge in [0.25, 0.3) is 0 Å². The Balaban J connectivity index is 1.65. The summed E-state index contributed by atoms with van der Waals surface area (Å²) >= 11 is 0. The second-order valence-electron chi connectivity index (χ2n) is 6.82. The van der Waals surface area contributed by atoms with E-state index in [0.29, 0.717) is 13.2 Å². The molecule has 0 aromatic heterocycles. The van der Waals surface area contributed by atoms with Gasteiger partial charge >= 0.3 is 0 Å². The van der Waals surface area contributed by atoms with E-state index in [4.69, 9.17) is 18.9 Å². The Bertz CT molecular complexity index is 577. The van der Waals surface area contributed by atoms with Gasteiger partial charge in [-0.25, -0.2) is 4.99 Å². The Kier molecular flexibility index (Phi) is 10.5. The summed E-state index contributed by atoms with van der Waals surface area (Å²) in [6.07, 6.45) is 3.44. The number of nitrogens with one attached hydrogen (secondary N) is 2. The molecular formula is C21H35N3O4. The molecule has 7 nitrogen and oxygen atoms in total. The monoisotopic (exact) mass is 393 g/mol. The first kappa shape index (κ1) is 22.3. The van der Waals surface area contributed by atoms with E-state index in [1.165, 1.54) is 0 Å². The molecule has 1 aliphatic heterocycles. The molecule has 0 aliphatic carbocycles. The third-order valence-corrected chi connectivity index (χ3v) is 4.31. The van der Waals surface area contributed by atoms with E-state index >= 15 is 0 Å². The SMILES string of the molecule is CCNC(=NCC(C)Oc1cccc(OC)c1)NCCCOCC1CCCO1. The van der Waals surface area contributed by atoms with Gasteiger partial charge in [0.1, 0.15) is 17.6 Å². The largest absolute Gasteiger partial charge is 0.497 e. The third kappa shape index (κ3) is 8.80. The van der Waals surface area contributed by atoms with E-state index in [9.17, 15) is 0 Å². The van der Waals surface area contributed by atoms with Crippen LogP contribution in [0.5, 0.6) is 11.5 Å². The fraction of sp³-hybridized carbons (Fsp3) is 0.667. The van der Waals surface area contributed by atoms with Crippen molar-refractivity contribution >= 4 is 5.96 Å². The highest BCUT2D eigenvalue weighted by Gasteiger charge is 2.14. The van der Waals surface area contributed by atoms with Crippen LogP contribution in [0, 0.1) is 0 Å². The second kappa shape index (κ2) is 13.2. The number of hydrogen-bond acceptors (Lipinski definition) is 5. The quantitative estimate of drug-likeness (QED) is 0.323. The van der Waals surface area contributed by atoms with Gasteiger partial charge < -0.3 is 29.6 Å². The predicted molar refractivity (Wildman–Crippen MR) is 111 cm³/mol. The van der Waals surface area contributed by atoms with Crippen molar-refractivity contribution in [1.82, 2.24) is 10.6 Å². The number of rotatable bonds is 12. The summed E-state index contributed by atoms with van der Waals surface area (Å²) < 4.78 is 22.4. The van der Waals surface area contributed by atoms with Gasteiger partial charge in [-0.15, -0.1) is 0 Å². The molecule has 1 aliphatic rings. The normalized spacial score (nSPS) is 18.0. The predicted octanol–water partition coefficient (Wildman–Crippen LogP) is 2.60. The molecule has 2 N–H and O–H groups in total. The maximum atomic E-state index is 5.92. The van der Waals surface area contributed by atoms with Crippen LogP contribution < -0.4 is 20.1 Å². The summed E-state index contributed by atoms with van der Waals surface area (Å²) in [6, 6.07) is 7.60. The lowest BCUT2D eigenvalue weighted by atomic mass is 10.2. The molecule has 158 valence electrons. The lowest BCUT2D eigenvalue weighted by molar-refractivity contribution is 0.0168. The molecule has 0 bridgehead atoms. The molecule has 1 heterocycles. The van der Waals surface area contributed by atoms with Crippen LogP contribution in [0.15, 0.2) is 29.3 Å². The molecular weight excluding hydrogens is 358 g/mol. The van der Waals surface area contributed by atoms with Crippen LogP contribution >= 0.6 is 0 Å². The van der Waals surface area contributed by atoms with E-state index in [1.807, 2.05) is 31.2 Å². The molecule has 2 atom stereocenters. The third-order valence-electron chi connectivity index (χ3n) is 4.31. The number of nitrogens with zero attached hydrogens (tertiary/aromatic N) is 1. The van der Waals surface area contributed by atoms with Gasteiger partial charge in [-0.05, 0) is 45.2 Å². The highest BCUT2D eigenvalue weighted by atomic mass is 16.5. The van der Waals surface area contributed by atoms with E-state index in [2.05, 4.69) is 22.5 Å². The van der Waals surface area contributed by atoms with Crippen molar-refractivity contribution in [3.63, 3.8) is 0 Å². The van der Waals surface area contributed by atoms with Crippen molar-refractivity contribution in [2.45, 2.75) is 45.3 Å². The summed E-state index contributed by atoms with van der Waals surface area (Å²) in [7, 11) is 1.65. The number of aliphatic imine (C=N–C) groups is 1. The van der Waals surface area contributed by atoms with Crippen molar-refractivity contribution in [3.8, 4) is 11.5 Å². The van der Waals surface area contributed by atoms with Crippen molar-refractivity contribution in [1.29, 1.82) is 0 Å². The Morgan fingerprint density at radius 1 is 1.32 bits per heavy atom. The number of benzene rings is 1. The Morgan fingerprint density at radius 3 is 2.93 bits per heavy atom. The molecule has 0 amide bonds. The smallest absolute Gasteiger partial charge is 0.191 e. The van der Waals surface area contributed by atoms with Crippen LogP contribution in [0.2, 0.25) is 0 Å². The average Bonchev–Trinajstić information content (AvgIpc) is 3.22. The first-order chi connectivity index (χ1) is 13.7. The van der Waals surface area contributed by atoms with Gasteiger partial charge in [-0.3, -0.25) is 0 Å². The molecule has 1 aromatic carbocycles. The van der Waals surface area contributed by atoms with Crippen LogP contribution in [-0.4, -0.2) is 64.7 Å². The van der Waals surface area contributed by atoms with E-state index < -0.39 is 0 Å². The number of ether oxygens (including phenoxy) is 4. The Hall–Kier alpha value is -1.99. The molecule has 1 fully saturated rings. The second-order valence-corrected chi connectivity index (χ2v) is 6.82. The summed E-state index contributed by atoms with van der Waals surface area (Å²) in [5.41, 5.74) is 0. The topological polar surface area (TPSA) is 73.3 Å². The van der Waals surface area contributed by atoms with Gasteiger partial charge in [-0.1, -0.05) is 6.07 Å². The summed E-state index contributed by atoms with van der Waals surface area (Å²) in [4.78, 5) is 4.61. The standard InChI is InChI=1S/C21H35N3O4/c1-4-22-21(23-11-7-12-26-16-20-10-6-13-27-20)24-15-17(2)28-19-9-5-8-18(14-19)25-3/h5,8-9,14,17,20H,4,6-7,10-13,15-16H2,1-3H3,(H2,22,23,24). The van der Waals surface area contributed by atoms with Gasteiger partial charge in [0.15, 0.2) is 5.96 Å². The maximum Gasteiger partial charge on any atom is 0.191 e. The molecule has 0 radical (unpaired) electrons. The minimum atomic E-state index is -0.0442. The fourth-order valence-electron chi connectivity index (χ4n) is 2.88. The first-order valence-corrected chi connectivity index (χ1v) is 10.2. The molecule has 1 aromatic rings. The number of methoxy groups -OCH3 is 1. The molecule has 7 heteroatoms. The van der Waals surface area contributed by atoms with Gasteiger partial charge in [-0.2, -0.15) is 0 Å². The Labute approximate surface area is 168 Å². The van der Waals surface area contributed by atoms with Crippen molar-refractivity contribution in [3.05, 3.63) is 24.3 Å². The summed E-state index contributed by atoms with van der Waals surface area (Å²) in [5.74, 6) is 2.36. The number of hydrogen-bond donors (Lipinski definition) is 2. The maximum absolute atomic E-state index is 5.92. The molecule has 2 rings (SSSR count). The summed E-state index contributed by atoms with van der Waals surface area (Å²) in [6.45, 7) is 8.54. The molecule has 28 heavy (non-hydrogen) atoms. The van der Waals surface area contributed by atoms with Crippen LogP contribution in [0.3, 0.4) is 0 Å². The zero-order chi connectivity index (χ0) is 20.0. The van der Waals surface area contributed by atoms with E-state index in [-0.39, 0.29) is 12.2 Å². The van der Waals surface area contributed by atoms with Crippen molar-refractivity contribution in [2.75, 3.05) is 46.6 Å². The minimum absolute atomic E-state index is 0.0442. The average molecular weight is 394 g/mol. The molecule has 2 unspecified atom stereocenters. The minimum Gasteiger partial charge on any atom is -0.497 e. The van der Waals surface area contributed by atoms with Crippen LogP contribution in [0.4, 0.5) is 0 Å². The van der Waals surface area contributed by atoms with E-state index in [1.54, 1.807) is 7.11 Å². The Morgan fingerprint density at radius 2 is 2.18 bits per heavy atom. The molecule has 0 spiro atoms. The van der Waals surface area contributed by atoms with Crippen molar-refractivity contribution < 1.29 is 18.9 Å². The lowest BCUT2D eigenvalue weighted by Crippen LogP contribution is -2.38. The van der Waals surface area contributed by atoms with Gasteiger partial charge in [0.05, 0.1) is 26.4 Å². The van der Waals surface area contributed by atoms with Gasteiger partial charge in [0, 0.05) is 32.4 Å². The highest BCUT2D eigenvalue weighted by Crippen LogP contribution is 2.19. The highest BCUT2D eigenvalue weighted by molar-refractivity contribution is 5.79. The first-order valence-electron chi connectivity index (χ1n) is 10.2. The molecule has 0 saturated carbocycles. The fourth-order valence-corrected chi connectivity index (χ4v) is 2.88. The van der Waals surface area contributed by atoms with Gasteiger partial charge in [0.2, 0.25) is 0 Å². The van der Waals surface area contributed by atoms with Crippen molar-refractivity contribution in [2.24, 2.45) is 4.99 Å². The van der Waals surface area contributed by atoms with Crippen LogP contribution in [0.1, 0.15) is 33.1 Å². The zero-order valence-corrected chi connectivity index (χ0v) is 17.4. The summed E-state index contributed by atoms with van der Waals surface area (Å²) in [5, 5.41) is 6.60. The lowest BCUT2D eigenvalue weighted by Gasteiger charge is -2.16. The molecule has 1 saturated heterocycles. The van der Waals surface area contributed by atoms with E-state index in [0.717, 1.165) is 63.0 Å². The number of guanidine groups is 1.